The molecule has 0 saturated heterocycles. The third-order valence-corrected chi connectivity index (χ3v) is 8.48. The lowest BCUT2D eigenvalue weighted by Crippen LogP contribution is -2.63. The van der Waals surface area contributed by atoms with Gasteiger partial charge in [0.15, 0.2) is 0 Å². The molecule has 0 atom stereocenters. The second-order valence-corrected chi connectivity index (χ2v) is 11.5. The molecule has 0 spiro atoms. The third-order valence-electron chi connectivity index (χ3n) is 5.89. The molecule has 7 nitrogen and oxygen atoms in total. The van der Waals surface area contributed by atoms with Crippen molar-refractivity contribution < 1.29 is 13.2 Å². The molecule has 0 bridgehead atoms. The summed E-state index contributed by atoms with van der Waals surface area (Å²) in [5, 5.41) is 0. The molecule has 2 N–H and O–H groups in total. The second kappa shape index (κ2) is 7.97. The first-order valence-corrected chi connectivity index (χ1v) is 11.7. The Hall–Kier alpha value is -2.09. The van der Waals surface area contributed by atoms with Gasteiger partial charge in [-0.3, -0.25) is 9.10 Å². The van der Waals surface area contributed by atoms with E-state index in [0.717, 1.165) is 44.6 Å². The summed E-state index contributed by atoms with van der Waals surface area (Å²) in [6, 6.07) is 3.58. The lowest BCUT2D eigenvalue weighted by molar-refractivity contribution is -0.123. The number of hydrogen-bond donors (Lipinski definition) is 1. The molecule has 1 aliphatic heterocycles. The van der Waals surface area contributed by atoms with Gasteiger partial charge < -0.3 is 10.6 Å². The zero-order valence-electron chi connectivity index (χ0n) is 17.6. The fraction of sp³-hybridized carbons (Fsp3) is 0.619. The van der Waals surface area contributed by atoms with Crippen LogP contribution in [0.15, 0.2) is 30.5 Å². The van der Waals surface area contributed by atoms with Gasteiger partial charge in [-0.15, -0.1) is 0 Å². The molecule has 160 valence electrons. The summed E-state index contributed by atoms with van der Waals surface area (Å²) in [6.45, 7) is 6.60. The molecule has 0 radical (unpaired) electrons. The predicted molar refractivity (Wildman–Crippen MR) is 116 cm³/mol. The molecule has 1 amide bonds. The number of hydrogen-bond acceptors (Lipinski definition) is 5. The van der Waals surface area contributed by atoms with E-state index in [1.807, 2.05) is 6.07 Å². The number of carbonyl (C=O) groups is 1. The van der Waals surface area contributed by atoms with Crippen LogP contribution < -0.4 is 14.9 Å². The van der Waals surface area contributed by atoms with Gasteiger partial charge in [-0.1, -0.05) is 31.4 Å². The third kappa shape index (κ3) is 3.99. The van der Waals surface area contributed by atoms with Crippen molar-refractivity contribution in [3.8, 4) is 0 Å². The maximum atomic E-state index is 13.6. The summed E-state index contributed by atoms with van der Waals surface area (Å²) in [7, 11) is -3.86. The van der Waals surface area contributed by atoms with Crippen molar-refractivity contribution >= 4 is 27.4 Å². The number of anilines is 2. The van der Waals surface area contributed by atoms with Gasteiger partial charge in [0.05, 0.1) is 16.6 Å². The Morgan fingerprint density at radius 2 is 1.86 bits per heavy atom. The van der Waals surface area contributed by atoms with Crippen LogP contribution in [-0.2, 0) is 14.8 Å². The van der Waals surface area contributed by atoms with E-state index in [4.69, 9.17) is 5.73 Å². The van der Waals surface area contributed by atoms with Crippen LogP contribution in [0.25, 0.3) is 0 Å². The Bertz CT molecular complexity index is 866. The van der Waals surface area contributed by atoms with Gasteiger partial charge >= 0.3 is 0 Å². The molecular formula is C21H32N4O3S. The van der Waals surface area contributed by atoms with Crippen LogP contribution in [0, 0.1) is 0 Å². The quantitative estimate of drug-likeness (QED) is 0.739. The zero-order chi connectivity index (χ0) is 21.3. The number of nitrogens with two attached hydrogens (primary N) is 1. The minimum absolute atomic E-state index is 0.400. The zero-order valence-corrected chi connectivity index (χ0v) is 18.4. The number of nitrogens with zero attached hydrogens (tertiary/aromatic N) is 3. The van der Waals surface area contributed by atoms with Crippen molar-refractivity contribution in [2.75, 3.05) is 22.3 Å². The number of amides is 1. The van der Waals surface area contributed by atoms with E-state index in [9.17, 15) is 13.2 Å². The van der Waals surface area contributed by atoms with Gasteiger partial charge in [0.1, 0.15) is 11.4 Å². The lowest BCUT2D eigenvalue weighted by atomic mass is 9.81. The minimum atomic E-state index is -3.86. The number of sulfonamides is 1. The summed E-state index contributed by atoms with van der Waals surface area (Å²) in [6.07, 6.45) is 10.1. The Morgan fingerprint density at radius 1 is 1.17 bits per heavy atom. The fourth-order valence-corrected chi connectivity index (χ4v) is 5.78. The van der Waals surface area contributed by atoms with Crippen LogP contribution in [0.5, 0.6) is 0 Å². The molecule has 8 heteroatoms. The summed E-state index contributed by atoms with van der Waals surface area (Å²) >= 11 is 0. The lowest BCUT2D eigenvalue weighted by Gasteiger charge is -2.46. The van der Waals surface area contributed by atoms with Gasteiger partial charge in [-0.05, 0) is 52.2 Å². The number of pyridine rings is 1. The topological polar surface area (TPSA) is 96.6 Å². The number of rotatable bonds is 5. The van der Waals surface area contributed by atoms with Crippen LogP contribution >= 0.6 is 0 Å². The number of aromatic nitrogens is 1. The molecule has 2 heterocycles. The predicted octanol–water partition coefficient (Wildman–Crippen LogP) is 2.97. The molecule has 1 fully saturated rings. The fourth-order valence-electron chi connectivity index (χ4n) is 4.11. The highest BCUT2D eigenvalue weighted by molar-refractivity contribution is 7.94. The minimum Gasteiger partial charge on any atom is -0.368 e. The first-order valence-electron chi connectivity index (χ1n) is 10.3. The SMILES string of the molecule is CC(C)(C)S(=O)(=O)N(c1ccc(N2CC=CCC2)nc1)C1(C(N)=O)CCCCC1. The van der Waals surface area contributed by atoms with Crippen molar-refractivity contribution in [1.82, 2.24) is 4.98 Å². The summed E-state index contributed by atoms with van der Waals surface area (Å²) < 4.78 is 27.4. The van der Waals surface area contributed by atoms with E-state index in [0.29, 0.717) is 18.5 Å². The Kier molecular flexibility index (Phi) is 5.94. The summed E-state index contributed by atoms with van der Waals surface area (Å²) in [4.78, 5) is 19.3. The van der Waals surface area contributed by atoms with E-state index >= 15 is 0 Å². The van der Waals surface area contributed by atoms with Crippen molar-refractivity contribution in [2.45, 2.75) is 69.6 Å². The van der Waals surface area contributed by atoms with E-state index in [1.165, 1.54) is 4.31 Å². The first kappa shape index (κ1) is 21.6. The largest absolute Gasteiger partial charge is 0.368 e. The van der Waals surface area contributed by atoms with E-state index in [-0.39, 0.29) is 0 Å². The maximum absolute atomic E-state index is 13.6. The highest BCUT2D eigenvalue weighted by Crippen LogP contribution is 2.41. The second-order valence-electron chi connectivity index (χ2n) is 8.92. The van der Waals surface area contributed by atoms with Crippen LogP contribution in [-0.4, -0.2) is 42.7 Å². The molecule has 29 heavy (non-hydrogen) atoms. The average molecular weight is 421 g/mol. The van der Waals surface area contributed by atoms with Gasteiger partial charge in [0.2, 0.25) is 15.9 Å². The number of carbonyl (C=O) groups excluding carboxylic acids is 1. The maximum Gasteiger partial charge on any atom is 0.244 e. The molecule has 1 aromatic heterocycles. The highest BCUT2D eigenvalue weighted by Gasteiger charge is 2.52. The Morgan fingerprint density at radius 3 is 2.34 bits per heavy atom. The molecule has 2 aliphatic rings. The number of primary amides is 1. The van der Waals surface area contributed by atoms with E-state index < -0.39 is 26.2 Å². The summed E-state index contributed by atoms with van der Waals surface area (Å²) in [5.41, 5.74) is 5.00. The normalized spacial score (nSPS) is 19.8. The highest BCUT2D eigenvalue weighted by atomic mass is 32.2. The standard InChI is InChI=1S/C21H32N4O3S/c1-20(2,3)29(27,28)25(21(19(22)26)12-6-4-7-13-21)17-10-11-18(23-16-17)24-14-8-5-9-15-24/h5,8,10-11,16H,4,6-7,9,12-15H2,1-3H3,(H2,22,26). The van der Waals surface area contributed by atoms with E-state index in [2.05, 4.69) is 22.0 Å². The van der Waals surface area contributed by atoms with Crippen molar-refractivity contribution in [1.29, 1.82) is 0 Å². The van der Waals surface area contributed by atoms with Crippen molar-refractivity contribution in [2.24, 2.45) is 5.73 Å². The smallest absolute Gasteiger partial charge is 0.244 e. The van der Waals surface area contributed by atoms with Crippen LogP contribution in [0.4, 0.5) is 11.5 Å². The molecule has 1 saturated carbocycles. The molecule has 1 aliphatic carbocycles. The van der Waals surface area contributed by atoms with Crippen molar-refractivity contribution in [3.05, 3.63) is 30.5 Å². The molecule has 0 unspecified atom stereocenters. The van der Waals surface area contributed by atoms with Crippen LogP contribution in [0.1, 0.15) is 59.3 Å². The summed E-state index contributed by atoms with van der Waals surface area (Å²) in [5.74, 6) is 0.207. The first-order chi connectivity index (χ1) is 13.6. The van der Waals surface area contributed by atoms with Crippen LogP contribution in [0.2, 0.25) is 0 Å². The monoisotopic (exact) mass is 420 g/mol. The molecule has 1 aromatic rings. The van der Waals surface area contributed by atoms with Gasteiger partial charge in [0, 0.05) is 13.1 Å². The van der Waals surface area contributed by atoms with Gasteiger partial charge in [-0.25, -0.2) is 13.4 Å². The van der Waals surface area contributed by atoms with E-state index in [1.54, 1.807) is 33.0 Å². The average Bonchev–Trinajstić information content (AvgIpc) is 2.69. The molecular weight excluding hydrogens is 388 g/mol. The Labute approximate surface area is 174 Å². The van der Waals surface area contributed by atoms with Gasteiger partial charge in [-0.2, -0.15) is 0 Å². The van der Waals surface area contributed by atoms with Gasteiger partial charge in [0.25, 0.3) is 0 Å². The molecule has 0 aromatic carbocycles. The molecule has 3 rings (SSSR count). The van der Waals surface area contributed by atoms with Crippen LogP contribution in [0.3, 0.4) is 0 Å². The Balaban J connectivity index is 2.08. The van der Waals surface area contributed by atoms with Crippen molar-refractivity contribution in [3.63, 3.8) is 0 Å².